The number of aliphatic carboxylic acids is 1. The molecule has 0 bridgehead atoms. The third-order valence-electron chi connectivity index (χ3n) is 6.52. The Morgan fingerprint density at radius 1 is 1.06 bits per heavy atom. The van der Waals surface area contributed by atoms with E-state index in [1.807, 2.05) is 24.3 Å². The van der Waals surface area contributed by atoms with Gasteiger partial charge >= 0.3 is 12.1 Å². The fourth-order valence-corrected chi connectivity index (χ4v) is 4.61. The molecule has 4 rings (SSSR count). The lowest BCUT2D eigenvalue weighted by atomic mass is 9.98. The van der Waals surface area contributed by atoms with Crippen molar-refractivity contribution in [2.24, 2.45) is 5.92 Å². The predicted molar refractivity (Wildman–Crippen MR) is 127 cm³/mol. The van der Waals surface area contributed by atoms with Gasteiger partial charge in [-0.15, -0.1) is 0 Å². The van der Waals surface area contributed by atoms with Gasteiger partial charge in [-0.25, -0.2) is 4.79 Å². The number of rotatable bonds is 10. The number of benzene rings is 2. The Labute approximate surface area is 203 Å². The number of fused-ring (bicyclic) bond motifs is 3. The highest BCUT2D eigenvalue weighted by Gasteiger charge is 2.31. The van der Waals surface area contributed by atoms with Gasteiger partial charge in [-0.3, -0.25) is 9.59 Å². The Hall–Kier alpha value is -3.43. The Kier molecular flexibility index (Phi) is 7.99. The number of methoxy groups -OCH3 is 1. The summed E-state index contributed by atoms with van der Waals surface area (Å²) in [5.41, 5.74) is 4.58. The number of alkyl carbamates (subject to hydrolysis) is 1. The van der Waals surface area contributed by atoms with Crippen LogP contribution in [0.25, 0.3) is 11.1 Å². The number of carboxylic acid groups (broad SMARTS) is 1. The molecule has 186 valence electrons. The minimum absolute atomic E-state index is 0.0318. The van der Waals surface area contributed by atoms with E-state index in [9.17, 15) is 14.4 Å². The zero-order valence-electron chi connectivity index (χ0n) is 19.6. The highest BCUT2D eigenvalue weighted by Crippen LogP contribution is 2.44. The molecule has 2 aliphatic rings. The standard InChI is InChI=1S/C26H30N2O7/c1-33-17(11-24(29)27-13-18-10-16(14-34-18)25(30)31)12-28-26(32)35-15-23-21-8-4-2-6-19(21)20-7-3-5-9-22(20)23/h2-9,16-18,23H,10-15H2,1H3,(H,27,29)(H,28,32)(H,30,31)/t16-,17?,18-/m0/s1. The van der Waals surface area contributed by atoms with Crippen LogP contribution in [0.1, 0.15) is 29.9 Å². The van der Waals surface area contributed by atoms with Crippen LogP contribution in [0.3, 0.4) is 0 Å². The fourth-order valence-electron chi connectivity index (χ4n) is 4.61. The fraction of sp³-hybridized carbons (Fsp3) is 0.423. The van der Waals surface area contributed by atoms with E-state index >= 15 is 0 Å². The lowest BCUT2D eigenvalue weighted by Crippen LogP contribution is -2.39. The van der Waals surface area contributed by atoms with Crippen LogP contribution in [-0.2, 0) is 23.8 Å². The normalized spacial score (nSPS) is 19.5. The number of nitrogens with one attached hydrogen (secondary N) is 2. The van der Waals surface area contributed by atoms with Crippen molar-refractivity contribution >= 4 is 18.0 Å². The van der Waals surface area contributed by atoms with Crippen LogP contribution in [0.4, 0.5) is 4.79 Å². The first kappa shape index (κ1) is 24.7. The first-order valence-corrected chi connectivity index (χ1v) is 11.7. The molecule has 1 saturated heterocycles. The summed E-state index contributed by atoms with van der Waals surface area (Å²) in [5.74, 6) is -1.73. The van der Waals surface area contributed by atoms with Gasteiger partial charge in [0.2, 0.25) is 5.91 Å². The highest BCUT2D eigenvalue weighted by atomic mass is 16.5. The zero-order chi connectivity index (χ0) is 24.8. The molecule has 2 aromatic rings. The average Bonchev–Trinajstić information content (AvgIpc) is 3.47. The third kappa shape index (κ3) is 5.98. The molecule has 1 aliphatic carbocycles. The second-order valence-electron chi connectivity index (χ2n) is 8.80. The van der Waals surface area contributed by atoms with Gasteiger partial charge in [-0.2, -0.15) is 0 Å². The predicted octanol–water partition coefficient (Wildman–Crippen LogP) is 2.54. The van der Waals surface area contributed by atoms with Crippen molar-refractivity contribution in [2.75, 3.05) is 33.4 Å². The lowest BCUT2D eigenvalue weighted by Gasteiger charge is -2.18. The van der Waals surface area contributed by atoms with Gasteiger partial charge in [0.25, 0.3) is 0 Å². The van der Waals surface area contributed by atoms with Crippen molar-refractivity contribution in [3.05, 3.63) is 59.7 Å². The van der Waals surface area contributed by atoms with Crippen molar-refractivity contribution < 1.29 is 33.7 Å². The van der Waals surface area contributed by atoms with Crippen LogP contribution < -0.4 is 10.6 Å². The summed E-state index contributed by atoms with van der Waals surface area (Å²) in [6, 6.07) is 16.2. The number of hydrogen-bond donors (Lipinski definition) is 3. The van der Waals surface area contributed by atoms with Crippen LogP contribution in [0.5, 0.6) is 0 Å². The van der Waals surface area contributed by atoms with E-state index in [1.165, 1.54) is 7.11 Å². The quantitative estimate of drug-likeness (QED) is 0.476. The van der Waals surface area contributed by atoms with Gasteiger partial charge in [-0.1, -0.05) is 48.5 Å². The number of amides is 2. The molecule has 1 aliphatic heterocycles. The molecule has 9 heteroatoms. The minimum Gasteiger partial charge on any atom is -0.481 e. The van der Waals surface area contributed by atoms with E-state index in [0.717, 1.165) is 22.3 Å². The van der Waals surface area contributed by atoms with Crippen LogP contribution in [0, 0.1) is 5.92 Å². The molecule has 1 heterocycles. The minimum atomic E-state index is -0.891. The molecule has 0 saturated carbocycles. The summed E-state index contributed by atoms with van der Waals surface area (Å²) in [4.78, 5) is 35.6. The molecule has 0 spiro atoms. The summed E-state index contributed by atoms with van der Waals surface area (Å²) in [5, 5.41) is 14.4. The summed E-state index contributed by atoms with van der Waals surface area (Å²) < 4.78 is 16.2. The molecular weight excluding hydrogens is 452 g/mol. The zero-order valence-corrected chi connectivity index (χ0v) is 19.6. The number of ether oxygens (including phenoxy) is 3. The first-order chi connectivity index (χ1) is 17.0. The van der Waals surface area contributed by atoms with E-state index < -0.39 is 24.1 Å². The van der Waals surface area contributed by atoms with Crippen LogP contribution in [-0.4, -0.2) is 68.7 Å². The number of carboxylic acids is 1. The molecular formula is C26H30N2O7. The van der Waals surface area contributed by atoms with Gasteiger partial charge in [0.1, 0.15) is 6.61 Å². The maximum Gasteiger partial charge on any atom is 0.407 e. The van der Waals surface area contributed by atoms with Gasteiger partial charge in [0, 0.05) is 26.1 Å². The van der Waals surface area contributed by atoms with Gasteiger partial charge in [0.15, 0.2) is 0 Å². The molecule has 3 N–H and O–H groups in total. The molecule has 2 amide bonds. The summed E-state index contributed by atoms with van der Waals surface area (Å²) in [6.45, 7) is 0.706. The Balaban J connectivity index is 1.20. The van der Waals surface area contributed by atoms with Crippen molar-refractivity contribution in [1.82, 2.24) is 10.6 Å². The Morgan fingerprint density at radius 2 is 1.71 bits per heavy atom. The largest absolute Gasteiger partial charge is 0.481 e. The van der Waals surface area contributed by atoms with Crippen molar-refractivity contribution in [3.63, 3.8) is 0 Å². The second kappa shape index (κ2) is 11.3. The molecule has 1 unspecified atom stereocenters. The van der Waals surface area contributed by atoms with Gasteiger partial charge in [-0.05, 0) is 28.7 Å². The van der Waals surface area contributed by atoms with Crippen LogP contribution in [0.2, 0.25) is 0 Å². The second-order valence-corrected chi connectivity index (χ2v) is 8.80. The number of carbonyl (C=O) groups excluding carboxylic acids is 2. The van der Waals surface area contributed by atoms with Crippen molar-refractivity contribution in [2.45, 2.75) is 31.0 Å². The van der Waals surface area contributed by atoms with Crippen LogP contribution >= 0.6 is 0 Å². The third-order valence-corrected chi connectivity index (χ3v) is 6.52. The lowest BCUT2D eigenvalue weighted by molar-refractivity contribution is -0.141. The maximum atomic E-state index is 12.4. The topological polar surface area (TPSA) is 123 Å². The number of hydrogen-bond acceptors (Lipinski definition) is 6. The molecule has 9 nitrogen and oxygen atoms in total. The van der Waals surface area contributed by atoms with E-state index in [0.29, 0.717) is 6.42 Å². The van der Waals surface area contributed by atoms with E-state index in [1.54, 1.807) is 0 Å². The smallest absolute Gasteiger partial charge is 0.407 e. The first-order valence-electron chi connectivity index (χ1n) is 11.7. The molecule has 2 aromatic carbocycles. The summed E-state index contributed by atoms with van der Waals surface area (Å²) in [7, 11) is 1.47. The maximum absolute atomic E-state index is 12.4. The molecule has 0 radical (unpaired) electrons. The SMILES string of the molecule is COC(CNC(=O)OCC1c2ccccc2-c2ccccc21)CC(=O)NC[C@@H]1C[C@H](C(=O)O)CO1. The van der Waals surface area contributed by atoms with Gasteiger partial charge in [0.05, 0.1) is 31.2 Å². The molecule has 0 aromatic heterocycles. The molecule has 35 heavy (non-hydrogen) atoms. The Morgan fingerprint density at radius 3 is 2.31 bits per heavy atom. The van der Waals surface area contributed by atoms with Crippen molar-refractivity contribution in [3.8, 4) is 11.1 Å². The summed E-state index contributed by atoms with van der Waals surface area (Å²) in [6.07, 6.45) is -1.03. The van der Waals surface area contributed by atoms with E-state index in [-0.39, 0.29) is 50.7 Å². The van der Waals surface area contributed by atoms with Crippen molar-refractivity contribution in [1.29, 1.82) is 0 Å². The van der Waals surface area contributed by atoms with E-state index in [4.69, 9.17) is 19.3 Å². The molecule has 1 fully saturated rings. The highest BCUT2D eigenvalue weighted by molar-refractivity contribution is 5.79. The van der Waals surface area contributed by atoms with Crippen LogP contribution in [0.15, 0.2) is 48.5 Å². The number of carbonyl (C=O) groups is 3. The molecule has 3 atom stereocenters. The van der Waals surface area contributed by atoms with E-state index in [2.05, 4.69) is 34.9 Å². The Bertz CT molecular complexity index is 1030. The monoisotopic (exact) mass is 482 g/mol. The summed E-state index contributed by atoms with van der Waals surface area (Å²) >= 11 is 0. The van der Waals surface area contributed by atoms with Gasteiger partial charge < -0.3 is 30.0 Å². The average molecular weight is 483 g/mol.